The summed E-state index contributed by atoms with van der Waals surface area (Å²) in [6, 6.07) is 5.81. The number of hydrogen-bond donors (Lipinski definition) is 1. The highest BCUT2D eigenvalue weighted by Gasteiger charge is 2.26. The van der Waals surface area contributed by atoms with Crippen LogP contribution in [0.2, 0.25) is 0 Å². The largest absolute Gasteiger partial charge is 0.478 e. The van der Waals surface area contributed by atoms with E-state index in [1.165, 1.54) is 7.11 Å². The quantitative estimate of drug-likeness (QED) is 0.815. The first-order valence-electron chi connectivity index (χ1n) is 5.31. The van der Waals surface area contributed by atoms with Crippen molar-refractivity contribution in [3.63, 3.8) is 0 Å². The van der Waals surface area contributed by atoms with Crippen LogP contribution in [0.25, 0.3) is 0 Å². The molecule has 1 aromatic rings. The Balaban J connectivity index is 0.00000144. The van der Waals surface area contributed by atoms with Gasteiger partial charge in [0.15, 0.2) is 6.10 Å². The molecule has 0 fully saturated rings. The maximum Gasteiger partial charge on any atom is 0.347 e. The van der Waals surface area contributed by atoms with Crippen molar-refractivity contribution in [1.82, 2.24) is 0 Å². The van der Waals surface area contributed by atoms with Crippen LogP contribution < -0.4 is 10.5 Å². The normalized spacial score (nSPS) is 17.4. The molecule has 2 rings (SSSR count). The van der Waals surface area contributed by atoms with Crippen molar-refractivity contribution >= 4 is 18.4 Å². The fourth-order valence-corrected chi connectivity index (χ4v) is 1.87. The van der Waals surface area contributed by atoms with Gasteiger partial charge in [-0.3, -0.25) is 0 Å². The maximum atomic E-state index is 11.3. The fraction of sp³-hybridized carbons (Fsp3) is 0.417. The topological polar surface area (TPSA) is 61.5 Å². The number of benzene rings is 1. The van der Waals surface area contributed by atoms with Gasteiger partial charge in [-0.15, -0.1) is 12.4 Å². The van der Waals surface area contributed by atoms with Crippen LogP contribution in [-0.4, -0.2) is 19.2 Å². The fourth-order valence-electron chi connectivity index (χ4n) is 1.87. The minimum Gasteiger partial charge on any atom is -0.478 e. The van der Waals surface area contributed by atoms with Crippen molar-refractivity contribution in [2.45, 2.75) is 25.5 Å². The number of hydrogen-bond acceptors (Lipinski definition) is 4. The van der Waals surface area contributed by atoms with E-state index >= 15 is 0 Å². The number of esters is 1. The van der Waals surface area contributed by atoms with Crippen molar-refractivity contribution in [2.24, 2.45) is 5.73 Å². The van der Waals surface area contributed by atoms with E-state index in [-0.39, 0.29) is 18.4 Å². The molecule has 0 unspecified atom stereocenters. The predicted molar refractivity (Wildman–Crippen MR) is 66.3 cm³/mol. The van der Waals surface area contributed by atoms with Gasteiger partial charge in [0.05, 0.1) is 7.11 Å². The molecular weight excluding hydrogens is 242 g/mol. The summed E-state index contributed by atoms with van der Waals surface area (Å²) in [4.78, 5) is 11.3. The molecular formula is C12H16ClNO3. The van der Waals surface area contributed by atoms with Gasteiger partial charge in [-0.1, -0.05) is 12.1 Å². The molecule has 1 aliphatic rings. The van der Waals surface area contributed by atoms with E-state index in [1.807, 2.05) is 18.2 Å². The second kappa shape index (κ2) is 5.89. The van der Waals surface area contributed by atoms with E-state index in [0.29, 0.717) is 13.0 Å². The summed E-state index contributed by atoms with van der Waals surface area (Å²) in [6.45, 7) is 0.522. The van der Waals surface area contributed by atoms with Gasteiger partial charge in [0.25, 0.3) is 0 Å². The molecule has 0 amide bonds. The van der Waals surface area contributed by atoms with E-state index in [1.54, 1.807) is 0 Å². The van der Waals surface area contributed by atoms with Gasteiger partial charge in [-0.05, 0) is 30.0 Å². The first kappa shape index (κ1) is 13.8. The lowest BCUT2D eigenvalue weighted by atomic mass is 10.00. The Hall–Kier alpha value is -1.26. The summed E-state index contributed by atoms with van der Waals surface area (Å²) in [5.74, 6) is 0.451. The number of rotatable bonds is 2. The van der Waals surface area contributed by atoms with Gasteiger partial charge in [0.2, 0.25) is 0 Å². The average molecular weight is 258 g/mol. The summed E-state index contributed by atoms with van der Waals surface area (Å²) < 4.78 is 10.2. The number of aryl methyl sites for hydroxylation is 1. The third-order valence-electron chi connectivity index (χ3n) is 2.77. The van der Waals surface area contributed by atoms with E-state index in [2.05, 4.69) is 4.74 Å². The predicted octanol–water partition coefficient (Wildman–Crippen LogP) is 1.43. The highest BCUT2D eigenvalue weighted by atomic mass is 35.5. The summed E-state index contributed by atoms with van der Waals surface area (Å²) in [7, 11) is 1.37. The van der Waals surface area contributed by atoms with Gasteiger partial charge in [-0.2, -0.15) is 0 Å². The van der Waals surface area contributed by atoms with Gasteiger partial charge in [-0.25, -0.2) is 4.79 Å². The summed E-state index contributed by atoms with van der Waals surface area (Å²) in [5, 5.41) is 0. The monoisotopic (exact) mass is 257 g/mol. The molecule has 0 saturated carbocycles. The Morgan fingerprint density at radius 2 is 2.35 bits per heavy atom. The van der Waals surface area contributed by atoms with Gasteiger partial charge in [0, 0.05) is 6.54 Å². The molecule has 2 N–H and O–H groups in total. The number of ether oxygens (including phenoxy) is 2. The average Bonchev–Trinajstić information content (AvgIpc) is 2.36. The van der Waals surface area contributed by atoms with Crippen LogP contribution in [0.1, 0.15) is 17.5 Å². The molecule has 0 bridgehead atoms. The molecule has 0 radical (unpaired) electrons. The Morgan fingerprint density at radius 1 is 1.59 bits per heavy atom. The van der Waals surface area contributed by atoms with Crippen LogP contribution in [0.4, 0.5) is 0 Å². The molecule has 1 aromatic carbocycles. The van der Waals surface area contributed by atoms with Crippen molar-refractivity contribution in [1.29, 1.82) is 0 Å². The number of methoxy groups -OCH3 is 1. The third-order valence-corrected chi connectivity index (χ3v) is 2.77. The molecule has 0 aromatic heterocycles. The molecule has 0 spiro atoms. The molecule has 4 nitrogen and oxygen atoms in total. The minimum atomic E-state index is -0.471. The second-order valence-electron chi connectivity index (χ2n) is 3.81. The van der Waals surface area contributed by atoms with Crippen LogP contribution in [0, 0.1) is 0 Å². The first-order chi connectivity index (χ1) is 7.74. The van der Waals surface area contributed by atoms with Crippen LogP contribution in [-0.2, 0) is 22.5 Å². The highest BCUT2D eigenvalue weighted by Crippen LogP contribution is 2.28. The number of carbonyl (C=O) groups excluding carboxylic acids is 1. The second-order valence-corrected chi connectivity index (χ2v) is 3.81. The van der Waals surface area contributed by atoms with Crippen LogP contribution >= 0.6 is 12.4 Å². The number of fused-ring (bicyclic) bond motifs is 1. The van der Waals surface area contributed by atoms with Gasteiger partial charge >= 0.3 is 5.97 Å². The van der Waals surface area contributed by atoms with Crippen LogP contribution in [0.15, 0.2) is 18.2 Å². The smallest absolute Gasteiger partial charge is 0.347 e. The Bertz CT molecular complexity index is 409. The summed E-state index contributed by atoms with van der Waals surface area (Å²) in [5.41, 5.74) is 7.76. The maximum absolute atomic E-state index is 11.3. The molecule has 5 heteroatoms. The summed E-state index contributed by atoms with van der Waals surface area (Å²) in [6.07, 6.45) is 1.01. The van der Waals surface area contributed by atoms with Gasteiger partial charge in [0.1, 0.15) is 5.75 Å². The zero-order valence-corrected chi connectivity index (χ0v) is 10.5. The van der Waals surface area contributed by atoms with E-state index in [9.17, 15) is 4.79 Å². The Kier molecular flexibility index (Phi) is 4.78. The molecule has 0 aliphatic carbocycles. The van der Waals surface area contributed by atoms with Crippen molar-refractivity contribution in [3.05, 3.63) is 29.3 Å². The molecule has 1 atom stereocenters. The molecule has 0 saturated heterocycles. The SMILES string of the molecule is COC(=O)[C@@H]1CCc2cc(CN)ccc2O1.Cl. The lowest BCUT2D eigenvalue weighted by Gasteiger charge is -2.24. The van der Waals surface area contributed by atoms with Crippen molar-refractivity contribution in [3.8, 4) is 5.75 Å². The molecule has 94 valence electrons. The first-order valence-corrected chi connectivity index (χ1v) is 5.31. The number of nitrogens with two attached hydrogens (primary N) is 1. The highest BCUT2D eigenvalue weighted by molar-refractivity contribution is 5.85. The standard InChI is InChI=1S/C12H15NO3.ClH/c1-15-12(14)11-5-3-9-6-8(7-13)2-4-10(9)16-11;/h2,4,6,11H,3,5,7,13H2,1H3;1H/t11-;/m0./s1. The lowest BCUT2D eigenvalue weighted by molar-refractivity contribution is -0.149. The van der Waals surface area contributed by atoms with Crippen LogP contribution in [0.3, 0.4) is 0 Å². The zero-order chi connectivity index (χ0) is 11.5. The van der Waals surface area contributed by atoms with E-state index in [4.69, 9.17) is 10.5 Å². The number of carbonyl (C=O) groups is 1. The third kappa shape index (κ3) is 2.90. The van der Waals surface area contributed by atoms with E-state index < -0.39 is 6.10 Å². The lowest BCUT2D eigenvalue weighted by Crippen LogP contribution is -2.32. The van der Waals surface area contributed by atoms with E-state index in [0.717, 1.165) is 23.3 Å². The Labute approximate surface area is 106 Å². The van der Waals surface area contributed by atoms with Crippen molar-refractivity contribution in [2.75, 3.05) is 7.11 Å². The minimum absolute atomic E-state index is 0. The van der Waals surface area contributed by atoms with Gasteiger partial charge < -0.3 is 15.2 Å². The molecule has 1 heterocycles. The molecule has 1 aliphatic heterocycles. The zero-order valence-electron chi connectivity index (χ0n) is 9.64. The summed E-state index contributed by atoms with van der Waals surface area (Å²) >= 11 is 0. The van der Waals surface area contributed by atoms with Crippen molar-refractivity contribution < 1.29 is 14.3 Å². The molecule has 17 heavy (non-hydrogen) atoms. The van der Waals surface area contributed by atoms with Crippen LogP contribution in [0.5, 0.6) is 5.75 Å². The number of halogens is 1. The Morgan fingerprint density at radius 3 is 3.00 bits per heavy atom.